The van der Waals surface area contributed by atoms with Crippen LogP contribution < -0.4 is 0 Å². The lowest BCUT2D eigenvalue weighted by Crippen LogP contribution is -2.31. The van der Waals surface area contributed by atoms with E-state index in [1.807, 2.05) is 58.6 Å². The predicted molar refractivity (Wildman–Crippen MR) is 99.3 cm³/mol. The van der Waals surface area contributed by atoms with Crippen molar-refractivity contribution >= 4 is 5.91 Å². The van der Waals surface area contributed by atoms with E-state index >= 15 is 0 Å². The molecule has 6 heteroatoms. The standard InChI is InChI=1S/C20H23N5O/c1-14-19(15(2)23(3)22-14)18-5-4-11-25(18)20(26)16-6-8-17(9-7-16)24-12-10-21-13-24/h6-10,12-13,18H,4-5,11H2,1-3H3/t18-/m1/s1. The summed E-state index contributed by atoms with van der Waals surface area (Å²) in [6.45, 7) is 4.90. The summed E-state index contributed by atoms with van der Waals surface area (Å²) < 4.78 is 3.83. The Balaban J connectivity index is 1.61. The van der Waals surface area contributed by atoms with Crippen molar-refractivity contribution in [3.8, 4) is 5.69 Å². The van der Waals surface area contributed by atoms with E-state index in [4.69, 9.17) is 0 Å². The van der Waals surface area contributed by atoms with Gasteiger partial charge in [-0.1, -0.05) is 0 Å². The van der Waals surface area contributed by atoms with Crippen LogP contribution in [0.5, 0.6) is 0 Å². The summed E-state index contributed by atoms with van der Waals surface area (Å²) in [5, 5.41) is 4.53. The minimum absolute atomic E-state index is 0.0901. The average Bonchev–Trinajstić information content (AvgIpc) is 3.37. The summed E-state index contributed by atoms with van der Waals surface area (Å²) in [5.41, 5.74) is 5.08. The number of carbonyl (C=O) groups is 1. The Kier molecular flexibility index (Phi) is 4.11. The van der Waals surface area contributed by atoms with E-state index < -0.39 is 0 Å². The molecule has 0 bridgehead atoms. The molecule has 2 aromatic heterocycles. The highest BCUT2D eigenvalue weighted by molar-refractivity contribution is 5.95. The van der Waals surface area contributed by atoms with Crippen molar-refractivity contribution in [3.05, 3.63) is 65.5 Å². The average molecular weight is 349 g/mol. The molecule has 1 aliphatic rings. The molecule has 1 aromatic carbocycles. The Morgan fingerprint density at radius 3 is 2.58 bits per heavy atom. The Labute approximate surface area is 153 Å². The Hall–Kier alpha value is -2.89. The molecule has 1 saturated heterocycles. The van der Waals surface area contributed by atoms with E-state index in [0.29, 0.717) is 0 Å². The van der Waals surface area contributed by atoms with Crippen LogP contribution in [0.4, 0.5) is 0 Å². The third kappa shape index (κ3) is 2.71. The molecular weight excluding hydrogens is 326 g/mol. The molecule has 3 heterocycles. The smallest absolute Gasteiger partial charge is 0.254 e. The van der Waals surface area contributed by atoms with Crippen LogP contribution in [0, 0.1) is 13.8 Å². The number of amides is 1. The summed E-state index contributed by atoms with van der Waals surface area (Å²) >= 11 is 0. The van der Waals surface area contributed by atoms with E-state index in [9.17, 15) is 4.79 Å². The fourth-order valence-corrected chi connectivity index (χ4v) is 3.94. The predicted octanol–water partition coefficient (Wildman–Crippen LogP) is 3.20. The van der Waals surface area contributed by atoms with Crippen LogP contribution in [0.3, 0.4) is 0 Å². The van der Waals surface area contributed by atoms with Gasteiger partial charge < -0.3 is 9.47 Å². The molecule has 6 nitrogen and oxygen atoms in total. The molecule has 0 N–H and O–H groups in total. The first-order valence-electron chi connectivity index (χ1n) is 8.95. The van der Waals surface area contributed by atoms with Gasteiger partial charge in [-0.25, -0.2) is 4.98 Å². The van der Waals surface area contributed by atoms with Crippen LogP contribution in [-0.2, 0) is 7.05 Å². The molecule has 0 unspecified atom stereocenters. The van der Waals surface area contributed by atoms with Gasteiger partial charge in [-0.3, -0.25) is 9.48 Å². The molecule has 1 amide bonds. The third-order valence-corrected chi connectivity index (χ3v) is 5.33. The topological polar surface area (TPSA) is 56.0 Å². The second-order valence-electron chi connectivity index (χ2n) is 6.88. The molecule has 3 aromatic rings. The number of carbonyl (C=O) groups excluding carboxylic acids is 1. The van der Waals surface area contributed by atoms with Crippen LogP contribution in [0.25, 0.3) is 5.69 Å². The second kappa shape index (κ2) is 6.44. The van der Waals surface area contributed by atoms with Crippen molar-refractivity contribution in [2.45, 2.75) is 32.7 Å². The van der Waals surface area contributed by atoms with Crippen molar-refractivity contribution in [3.63, 3.8) is 0 Å². The summed E-state index contributed by atoms with van der Waals surface area (Å²) in [5.74, 6) is 0.0901. The molecule has 1 fully saturated rings. The zero-order valence-corrected chi connectivity index (χ0v) is 15.4. The van der Waals surface area contributed by atoms with E-state index in [-0.39, 0.29) is 11.9 Å². The minimum Gasteiger partial charge on any atom is -0.331 e. The molecule has 0 saturated carbocycles. The Morgan fingerprint density at radius 1 is 1.19 bits per heavy atom. The number of hydrogen-bond donors (Lipinski definition) is 0. The van der Waals surface area contributed by atoms with Crippen molar-refractivity contribution in [1.29, 1.82) is 0 Å². The SMILES string of the molecule is Cc1nn(C)c(C)c1[C@H]1CCCN1C(=O)c1ccc(-n2ccnc2)cc1. The van der Waals surface area contributed by atoms with Gasteiger partial charge in [0.05, 0.1) is 18.1 Å². The number of benzene rings is 1. The first kappa shape index (κ1) is 16.6. The normalized spacial score (nSPS) is 17.0. The zero-order chi connectivity index (χ0) is 18.3. The lowest BCUT2D eigenvalue weighted by atomic mass is 10.0. The van der Waals surface area contributed by atoms with E-state index in [0.717, 1.165) is 42.0 Å². The van der Waals surface area contributed by atoms with Gasteiger partial charge in [0.15, 0.2) is 0 Å². The van der Waals surface area contributed by atoms with Crippen molar-refractivity contribution in [1.82, 2.24) is 24.2 Å². The van der Waals surface area contributed by atoms with Gasteiger partial charge in [-0.05, 0) is 51.0 Å². The first-order valence-corrected chi connectivity index (χ1v) is 8.95. The summed E-state index contributed by atoms with van der Waals surface area (Å²) in [6.07, 6.45) is 7.40. The number of aryl methyl sites for hydroxylation is 2. The maximum atomic E-state index is 13.1. The number of likely N-dealkylation sites (tertiary alicyclic amines) is 1. The summed E-state index contributed by atoms with van der Waals surface area (Å²) in [4.78, 5) is 19.2. The largest absolute Gasteiger partial charge is 0.331 e. The van der Waals surface area contributed by atoms with Gasteiger partial charge in [0.1, 0.15) is 0 Å². The van der Waals surface area contributed by atoms with Crippen LogP contribution in [0.2, 0.25) is 0 Å². The van der Waals surface area contributed by atoms with E-state index in [2.05, 4.69) is 17.0 Å². The van der Waals surface area contributed by atoms with Crippen LogP contribution >= 0.6 is 0 Å². The molecule has 1 atom stereocenters. The molecule has 26 heavy (non-hydrogen) atoms. The van der Waals surface area contributed by atoms with Gasteiger partial charge in [-0.15, -0.1) is 0 Å². The lowest BCUT2D eigenvalue weighted by molar-refractivity contribution is 0.0735. The van der Waals surface area contributed by atoms with Gasteiger partial charge in [0.2, 0.25) is 0 Å². The number of aromatic nitrogens is 4. The van der Waals surface area contributed by atoms with E-state index in [1.165, 1.54) is 5.56 Å². The Bertz CT molecular complexity index is 924. The maximum Gasteiger partial charge on any atom is 0.254 e. The molecule has 1 aliphatic heterocycles. The molecular formula is C20H23N5O. The highest BCUT2D eigenvalue weighted by Gasteiger charge is 2.33. The van der Waals surface area contributed by atoms with Crippen LogP contribution in [0.1, 0.15) is 46.2 Å². The van der Waals surface area contributed by atoms with Crippen molar-refractivity contribution < 1.29 is 4.79 Å². The molecule has 0 aliphatic carbocycles. The first-order chi connectivity index (χ1) is 12.6. The van der Waals surface area contributed by atoms with Gasteiger partial charge >= 0.3 is 0 Å². The quantitative estimate of drug-likeness (QED) is 0.730. The fraction of sp³-hybridized carbons (Fsp3) is 0.350. The van der Waals surface area contributed by atoms with Crippen LogP contribution in [0.15, 0.2) is 43.0 Å². The summed E-state index contributed by atoms with van der Waals surface area (Å²) in [7, 11) is 1.96. The lowest BCUT2D eigenvalue weighted by Gasteiger charge is -2.25. The molecule has 134 valence electrons. The fourth-order valence-electron chi connectivity index (χ4n) is 3.94. The number of rotatable bonds is 3. The second-order valence-corrected chi connectivity index (χ2v) is 6.88. The highest BCUT2D eigenvalue weighted by Crippen LogP contribution is 2.36. The van der Waals surface area contributed by atoms with Crippen molar-refractivity contribution in [2.24, 2.45) is 7.05 Å². The maximum absolute atomic E-state index is 13.1. The minimum atomic E-state index is 0.0901. The molecule has 0 spiro atoms. The Morgan fingerprint density at radius 2 is 1.96 bits per heavy atom. The van der Waals surface area contributed by atoms with Crippen LogP contribution in [-0.4, -0.2) is 36.7 Å². The van der Waals surface area contributed by atoms with Gasteiger partial charge in [0.25, 0.3) is 5.91 Å². The third-order valence-electron chi connectivity index (χ3n) is 5.33. The number of imidazole rings is 1. The van der Waals surface area contributed by atoms with Gasteiger partial charge in [0, 0.05) is 48.5 Å². The molecule has 4 rings (SSSR count). The van der Waals surface area contributed by atoms with E-state index in [1.54, 1.807) is 12.5 Å². The summed E-state index contributed by atoms with van der Waals surface area (Å²) in [6, 6.07) is 7.83. The number of hydrogen-bond acceptors (Lipinski definition) is 3. The highest BCUT2D eigenvalue weighted by atomic mass is 16.2. The zero-order valence-electron chi connectivity index (χ0n) is 15.4. The number of nitrogens with zero attached hydrogens (tertiary/aromatic N) is 5. The molecule has 0 radical (unpaired) electrons. The van der Waals surface area contributed by atoms with Gasteiger partial charge in [-0.2, -0.15) is 5.10 Å². The monoisotopic (exact) mass is 349 g/mol. The van der Waals surface area contributed by atoms with Crippen molar-refractivity contribution in [2.75, 3.05) is 6.54 Å².